The zero-order valence-corrected chi connectivity index (χ0v) is 14.6. The molecule has 3 saturated heterocycles. The number of fused-ring (bicyclic) bond motifs is 1. The molecule has 0 aromatic heterocycles. The second kappa shape index (κ2) is 6.75. The highest BCUT2D eigenvalue weighted by molar-refractivity contribution is 5.69. The van der Waals surface area contributed by atoms with Crippen LogP contribution < -0.4 is 5.73 Å². The van der Waals surface area contributed by atoms with Crippen LogP contribution in [0.25, 0.3) is 0 Å². The van der Waals surface area contributed by atoms with Gasteiger partial charge >= 0.3 is 6.09 Å². The number of carbonyl (C=O) groups is 1. The molecule has 8 heteroatoms. The lowest BCUT2D eigenvalue weighted by molar-refractivity contribution is -0.0475. The van der Waals surface area contributed by atoms with Crippen molar-refractivity contribution in [2.45, 2.75) is 30.7 Å². The van der Waals surface area contributed by atoms with Gasteiger partial charge in [0.25, 0.3) is 0 Å². The van der Waals surface area contributed by atoms with Gasteiger partial charge < -0.3 is 20.1 Å². The lowest BCUT2D eigenvalue weighted by atomic mass is 9.93. The van der Waals surface area contributed by atoms with E-state index >= 15 is 0 Å². The first-order valence-electron chi connectivity index (χ1n) is 8.88. The van der Waals surface area contributed by atoms with Gasteiger partial charge in [0.15, 0.2) is 0 Å². The molecule has 3 aliphatic rings. The summed E-state index contributed by atoms with van der Waals surface area (Å²) >= 11 is 0. The predicted molar refractivity (Wildman–Crippen MR) is 89.4 cm³/mol. The van der Waals surface area contributed by atoms with E-state index in [-0.39, 0.29) is 23.7 Å². The molecule has 3 heterocycles. The Kier molecular flexibility index (Phi) is 4.58. The van der Waals surface area contributed by atoms with Crippen molar-refractivity contribution in [2.75, 3.05) is 33.4 Å². The fraction of sp³-hybridized carbons (Fsp3) is 0.611. The van der Waals surface area contributed by atoms with Crippen molar-refractivity contribution in [2.24, 2.45) is 11.7 Å². The van der Waals surface area contributed by atoms with Gasteiger partial charge in [0.1, 0.15) is 17.7 Å². The summed E-state index contributed by atoms with van der Waals surface area (Å²) in [6, 6.07) is 3.22. The van der Waals surface area contributed by atoms with Crippen LogP contribution in [-0.2, 0) is 9.47 Å². The number of nitrogens with two attached hydrogens (primary N) is 1. The molecular weight excluding hydrogens is 344 g/mol. The number of benzene rings is 1. The Balaban J connectivity index is 1.39. The normalized spacial score (nSPS) is 34.3. The Labute approximate surface area is 150 Å². The van der Waals surface area contributed by atoms with Crippen LogP contribution >= 0.6 is 0 Å². The van der Waals surface area contributed by atoms with E-state index in [9.17, 15) is 13.6 Å². The first-order valence-corrected chi connectivity index (χ1v) is 8.88. The average Bonchev–Trinajstić information content (AvgIpc) is 2.94. The number of rotatable bonds is 2. The van der Waals surface area contributed by atoms with Gasteiger partial charge in [-0.1, -0.05) is 0 Å². The van der Waals surface area contributed by atoms with Crippen molar-refractivity contribution in [3.05, 3.63) is 35.4 Å². The van der Waals surface area contributed by atoms with Gasteiger partial charge in [-0.25, -0.2) is 13.6 Å². The summed E-state index contributed by atoms with van der Waals surface area (Å²) in [4.78, 5) is 15.7. The van der Waals surface area contributed by atoms with E-state index < -0.39 is 23.8 Å². The second-order valence-corrected chi connectivity index (χ2v) is 7.38. The van der Waals surface area contributed by atoms with E-state index in [0.29, 0.717) is 25.5 Å². The van der Waals surface area contributed by atoms with E-state index in [1.807, 2.05) is 0 Å². The maximum absolute atomic E-state index is 14.0. The van der Waals surface area contributed by atoms with E-state index in [1.54, 1.807) is 4.90 Å². The van der Waals surface area contributed by atoms with Crippen LogP contribution in [0, 0.1) is 17.6 Å². The minimum atomic E-state index is -0.646. The Morgan fingerprint density at radius 1 is 1.31 bits per heavy atom. The molecule has 0 radical (unpaired) electrons. The summed E-state index contributed by atoms with van der Waals surface area (Å²) in [5.41, 5.74) is 6.42. The molecule has 2 N–H and O–H groups in total. The largest absolute Gasteiger partial charge is 0.453 e. The highest BCUT2D eigenvalue weighted by Crippen LogP contribution is 2.37. The molecule has 2 unspecified atom stereocenters. The predicted octanol–water partition coefficient (Wildman–Crippen LogP) is 1.50. The molecule has 3 fully saturated rings. The number of amides is 1. The number of methoxy groups -OCH3 is 1. The van der Waals surface area contributed by atoms with E-state index in [2.05, 4.69) is 4.90 Å². The summed E-state index contributed by atoms with van der Waals surface area (Å²) < 4.78 is 38.1. The van der Waals surface area contributed by atoms with Gasteiger partial charge in [0, 0.05) is 43.2 Å². The molecule has 4 rings (SSSR count). The number of hydrogen-bond acceptors (Lipinski definition) is 5. The quantitative estimate of drug-likeness (QED) is 0.858. The van der Waals surface area contributed by atoms with Gasteiger partial charge in [-0.3, -0.25) is 4.90 Å². The van der Waals surface area contributed by atoms with Crippen LogP contribution in [0.1, 0.15) is 18.1 Å². The highest BCUT2D eigenvalue weighted by Gasteiger charge is 2.50. The third-order valence-corrected chi connectivity index (χ3v) is 5.86. The van der Waals surface area contributed by atoms with Crippen LogP contribution in [0.2, 0.25) is 0 Å². The first-order chi connectivity index (χ1) is 12.5. The maximum atomic E-state index is 14.0. The average molecular weight is 367 g/mol. The SMILES string of the molecule is COC(=O)N1CC2CN([C@H]3CO[C@H](c4cc(F)ccc4F)[C@@H](N)C3)CC21. The molecule has 6 nitrogen and oxygen atoms in total. The second-order valence-electron chi connectivity index (χ2n) is 7.38. The Bertz CT molecular complexity index is 704. The van der Waals surface area contributed by atoms with Crippen molar-refractivity contribution >= 4 is 6.09 Å². The van der Waals surface area contributed by atoms with Gasteiger partial charge in [-0.2, -0.15) is 0 Å². The lowest BCUT2D eigenvalue weighted by Gasteiger charge is -2.42. The fourth-order valence-electron chi connectivity index (χ4n) is 4.45. The van der Waals surface area contributed by atoms with E-state index in [0.717, 1.165) is 31.3 Å². The zero-order valence-electron chi connectivity index (χ0n) is 14.6. The number of ether oxygens (including phenoxy) is 2. The molecule has 0 spiro atoms. The van der Waals surface area contributed by atoms with Crippen LogP contribution in [-0.4, -0.2) is 67.4 Å². The maximum Gasteiger partial charge on any atom is 0.409 e. The molecule has 142 valence electrons. The van der Waals surface area contributed by atoms with Crippen LogP contribution in [0.5, 0.6) is 0 Å². The third kappa shape index (κ3) is 2.95. The molecule has 1 aromatic rings. The van der Waals surface area contributed by atoms with Gasteiger partial charge in [-0.15, -0.1) is 0 Å². The summed E-state index contributed by atoms with van der Waals surface area (Å²) in [6.07, 6.45) is -0.294. The van der Waals surface area contributed by atoms with Crippen LogP contribution in [0.3, 0.4) is 0 Å². The van der Waals surface area contributed by atoms with Crippen molar-refractivity contribution in [1.29, 1.82) is 0 Å². The molecular formula is C18H23F2N3O3. The summed E-state index contributed by atoms with van der Waals surface area (Å²) in [6.45, 7) is 2.77. The molecule has 1 amide bonds. The standard InChI is InChI=1S/C18H23F2N3O3/c1-25-18(24)23-7-10-6-22(8-16(10)23)12-5-15(21)17(26-9-12)13-4-11(19)2-3-14(13)20/h2-4,10,12,15-17H,5-9,21H2,1H3/t10?,12-,15+,16?,17-/m1/s1. The van der Waals surface area contributed by atoms with Gasteiger partial charge in [0.2, 0.25) is 0 Å². The summed E-state index contributed by atoms with van der Waals surface area (Å²) in [5, 5.41) is 0. The van der Waals surface area contributed by atoms with Crippen molar-refractivity contribution in [3.63, 3.8) is 0 Å². The minimum absolute atomic E-state index is 0.114. The van der Waals surface area contributed by atoms with E-state index in [4.69, 9.17) is 15.2 Å². The fourth-order valence-corrected chi connectivity index (χ4v) is 4.45. The van der Waals surface area contributed by atoms with E-state index in [1.165, 1.54) is 7.11 Å². The molecule has 26 heavy (non-hydrogen) atoms. The third-order valence-electron chi connectivity index (χ3n) is 5.86. The zero-order chi connectivity index (χ0) is 18.4. The Morgan fingerprint density at radius 3 is 2.85 bits per heavy atom. The number of hydrogen-bond donors (Lipinski definition) is 1. The molecule has 0 aliphatic carbocycles. The highest BCUT2D eigenvalue weighted by atomic mass is 19.1. The molecule has 1 aromatic carbocycles. The molecule has 0 bridgehead atoms. The summed E-state index contributed by atoms with van der Waals surface area (Å²) in [5.74, 6) is -0.555. The molecule has 5 atom stereocenters. The summed E-state index contributed by atoms with van der Waals surface area (Å²) in [7, 11) is 1.39. The smallest absolute Gasteiger partial charge is 0.409 e. The van der Waals surface area contributed by atoms with Crippen molar-refractivity contribution in [1.82, 2.24) is 9.80 Å². The Hall–Kier alpha value is -1.77. The topological polar surface area (TPSA) is 68.0 Å². The van der Waals surface area contributed by atoms with Gasteiger partial charge in [-0.05, 0) is 24.6 Å². The van der Waals surface area contributed by atoms with Crippen molar-refractivity contribution in [3.8, 4) is 0 Å². The lowest BCUT2D eigenvalue weighted by Crippen LogP contribution is -2.58. The van der Waals surface area contributed by atoms with Crippen LogP contribution in [0.15, 0.2) is 18.2 Å². The minimum Gasteiger partial charge on any atom is -0.453 e. The van der Waals surface area contributed by atoms with Gasteiger partial charge in [0.05, 0.1) is 19.8 Å². The first kappa shape index (κ1) is 17.6. The van der Waals surface area contributed by atoms with Crippen molar-refractivity contribution < 1.29 is 23.0 Å². The molecule has 3 aliphatic heterocycles. The van der Waals surface area contributed by atoms with Crippen LogP contribution in [0.4, 0.5) is 13.6 Å². The number of nitrogens with zero attached hydrogens (tertiary/aromatic N) is 2. The number of carbonyl (C=O) groups excluding carboxylic acids is 1. The Morgan fingerprint density at radius 2 is 2.12 bits per heavy atom. The molecule has 0 saturated carbocycles. The number of halogens is 2. The number of likely N-dealkylation sites (tertiary alicyclic amines) is 2. The monoisotopic (exact) mass is 367 g/mol.